The molecule has 0 heterocycles. The van der Waals surface area contributed by atoms with Gasteiger partial charge >= 0.3 is 0 Å². The van der Waals surface area contributed by atoms with Crippen molar-refractivity contribution >= 4 is 5.57 Å². The van der Waals surface area contributed by atoms with E-state index >= 15 is 0 Å². The van der Waals surface area contributed by atoms with Gasteiger partial charge in [0.05, 0.1) is 12.7 Å². The fourth-order valence-electron chi connectivity index (χ4n) is 3.20. The molecule has 0 amide bonds. The molecule has 0 aliphatic heterocycles. The van der Waals surface area contributed by atoms with Crippen molar-refractivity contribution in [3.8, 4) is 11.5 Å². The van der Waals surface area contributed by atoms with E-state index in [0.717, 1.165) is 35.3 Å². The molecule has 2 unspecified atom stereocenters. The molecular weight excluding hydrogens is 404 g/mol. The van der Waals surface area contributed by atoms with Crippen LogP contribution in [0.4, 0.5) is 0 Å². The summed E-state index contributed by atoms with van der Waals surface area (Å²) in [4.78, 5) is 0. The van der Waals surface area contributed by atoms with Gasteiger partial charge in [-0.2, -0.15) is 0 Å². The second-order valence-corrected chi connectivity index (χ2v) is 8.19. The SMILES string of the molecule is CCCCOCC(O)COc1ccc(C(=C(C)C)c2ccc(OCC(O)CC)cc2)cc1. The van der Waals surface area contributed by atoms with Gasteiger partial charge in [-0.25, -0.2) is 0 Å². The van der Waals surface area contributed by atoms with Crippen molar-refractivity contribution in [1.82, 2.24) is 0 Å². The highest BCUT2D eigenvalue weighted by molar-refractivity contribution is 5.82. The molecule has 176 valence electrons. The summed E-state index contributed by atoms with van der Waals surface area (Å²) in [5.74, 6) is 1.46. The Morgan fingerprint density at radius 1 is 0.750 bits per heavy atom. The van der Waals surface area contributed by atoms with Gasteiger partial charge < -0.3 is 24.4 Å². The smallest absolute Gasteiger partial charge is 0.119 e. The normalized spacial score (nSPS) is 12.8. The summed E-state index contributed by atoms with van der Waals surface area (Å²) in [5.41, 5.74) is 4.55. The van der Waals surface area contributed by atoms with E-state index in [2.05, 4.69) is 20.8 Å². The minimum absolute atomic E-state index is 0.204. The van der Waals surface area contributed by atoms with Crippen LogP contribution in [0.2, 0.25) is 0 Å². The molecule has 0 bridgehead atoms. The van der Waals surface area contributed by atoms with Gasteiger partial charge in [-0.15, -0.1) is 0 Å². The lowest BCUT2D eigenvalue weighted by molar-refractivity contribution is 0.0113. The quantitative estimate of drug-likeness (QED) is 0.392. The Kier molecular flexibility index (Phi) is 11.3. The number of unbranched alkanes of at least 4 members (excludes halogenated alkanes) is 1. The topological polar surface area (TPSA) is 68.2 Å². The predicted molar refractivity (Wildman–Crippen MR) is 129 cm³/mol. The Morgan fingerprint density at radius 3 is 1.69 bits per heavy atom. The highest BCUT2D eigenvalue weighted by atomic mass is 16.5. The monoisotopic (exact) mass is 442 g/mol. The first-order chi connectivity index (χ1) is 15.4. The van der Waals surface area contributed by atoms with Crippen LogP contribution >= 0.6 is 0 Å². The number of aliphatic hydroxyl groups is 2. The van der Waals surface area contributed by atoms with E-state index in [9.17, 15) is 10.2 Å². The molecule has 0 aliphatic rings. The first-order valence-corrected chi connectivity index (χ1v) is 11.5. The number of hydrogen-bond acceptors (Lipinski definition) is 5. The van der Waals surface area contributed by atoms with E-state index < -0.39 is 12.2 Å². The van der Waals surface area contributed by atoms with Gasteiger partial charge in [-0.3, -0.25) is 0 Å². The van der Waals surface area contributed by atoms with Crippen LogP contribution in [-0.4, -0.2) is 48.8 Å². The third kappa shape index (κ3) is 8.65. The van der Waals surface area contributed by atoms with Gasteiger partial charge in [-0.05, 0) is 67.7 Å². The summed E-state index contributed by atoms with van der Waals surface area (Å²) in [5, 5.41) is 19.7. The molecule has 2 aromatic carbocycles. The molecule has 0 spiro atoms. The second-order valence-electron chi connectivity index (χ2n) is 8.19. The lowest BCUT2D eigenvalue weighted by Crippen LogP contribution is -2.23. The van der Waals surface area contributed by atoms with Crippen molar-refractivity contribution in [3.63, 3.8) is 0 Å². The summed E-state index contributed by atoms with van der Waals surface area (Å²) in [6.07, 6.45) is 1.66. The molecule has 5 heteroatoms. The standard InChI is InChI=1S/C27H38O5/c1-5-7-16-30-17-24(29)19-32-26-14-10-22(11-15-26)27(20(3)4)21-8-12-25(13-9-21)31-18-23(28)6-2/h8-15,23-24,28-29H,5-7,16-19H2,1-4H3. The maximum atomic E-state index is 10.00. The molecule has 0 fully saturated rings. The van der Waals surface area contributed by atoms with Crippen LogP contribution in [0.5, 0.6) is 11.5 Å². The van der Waals surface area contributed by atoms with E-state index in [1.807, 2.05) is 55.5 Å². The van der Waals surface area contributed by atoms with E-state index in [4.69, 9.17) is 14.2 Å². The molecule has 2 atom stereocenters. The highest BCUT2D eigenvalue weighted by Gasteiger charge is 2.10. The van der Waals surface area contributed by atoms with Gasteiger partial charge in [0.15, 0.2) is 0 Å². The summed E-state index contributed by atoms with van der Waals surface area (Å²) in [7, 11) is 0. The third-order valence-electron chi connectivity index (χ3n) is 5.09. The van der Waals surface area contributed by atoms with Gasteiger partial charge in [0.2, 0.25) is 0 Å². The number of benzene rings is 2. The first-order valence-electron chi connectivity index (χ1n) is 11.5. The van der Waals surface area contributed by atoms with Crippen molar-refractivity contribution in [2.75, 3.05) is 26.4 Å². The van der Waals surface area contributed by atoms with E-state index in [-0.39, 0.29) is 13.2 Å². The molecule has 0 radical (unpaired) electrons. The second kappa shape index (κ2) is 13.9. The van der Waals surface area contributed by atoms with Crippen LogP contribution < -0.4 is 9.47 Å². The van der Waals surface area contributed by atoms with E-state index in [1.165, 1.54) is 5.57 Å². The van der Waals surface area contributed by atoms with E-state index in [1.54, 1.807) is 0 Å². The summed E-state index contributed by atoms with van der Waals surface area (Å²) >= 11 is 0. The number of rotatable bonds is 14. The van der Waals surface area contributed by atoms with Gasteiger partial charge in [-0.1, -0.05) is 50.1 Å². The summed E-state index contributed by atoms with van der Waals surface area (Å²) in [6.45, 7) is 9.69. The molecule has 0 saturated carbocycles. The molecule has 2 aromatic rings. The molecule has 2 N–H and O–H groups in total. The van der Waals surface area contributed by atoms with Gasteiger partial charge in [0.25, 0.3) is 0 Å². The predicted octanol–water partition coefficient (Wildman–Crippen LogP) is 5.23. The van der Waals surface area contributed by atoms with Crippen LogP contribution in [-0.2, 0) is 4.74 Å². The van der Waals surface area contributed by atoms with Gasteiger partial charge in [0.1, 0.15) is 30.8 Å². The Bertz CT molecular complexity index is 807. The molecule has 2 rings (SSSR count). The van der Waals surface area contributed by atoms with Crippen molar-refractivity contribution in [3.05, 3.63) is 65.2 Å². The Morgan fingerprint density at radius 2 is 1.25 bits per heavy atom. The Balaban J connectivity index is 1.97. The maximum absolute atomic E-state index is 10.00. The number of ether oxygens (including phenoxy) is 3. The van der Waals surface area contributed by atoms with Crippen LogP contribution in [0.3, 0.4) is 0 Å². The molecular formula is C27H38O5. The Hall–Kier alpha value is -2.34. The van der Waals surface area contributed by atoms with Crippen LogP contribution in [0.15, 0.2) is 54.1 Å². The zero-order chi connectivity index (χ0) is 23.3. The molecule has 0 saturated heterocycles. The minimum Gasteiger partial charge on any atom is -0.491 e. The zero-order valence-electron chi connectivity index (χ0n) is 19.8. The van der Waals surface area contributed by atoms with Gasteiger partial charge in [0, 0.05) is 6.61 Å². The maximum Gasteiger partial charge on any atom is 0.119 e. The van der Waals surface area contributed by atoms with Crippen LogP contribution in [0.25, 0.3) is 5.57 Å². The minimum atomic E-state index is -0.640. The fraction of sp³-hybridized carbons (Fsp3) is 0.481. The van der Waals surface area contributed by atoms with E-state index in [0.29, 0.717) is 25.4 Å². The number of aliphatic hydroxyl groups excluding tert-OH is 2. The summed E-state index contributed by atoms with van der Waals surface area (Å²) < 4.78 is 16.8. The molecule has 0 aromatic heterocycles. The lowest BCUT2D eigenvalue weighted by Gasteiger charge is -2.15. The Labute approximate surface area is 192 Å². The largest absolute Gasteiger partial charge is 0.491 e. The third-order valence-corrected chi connectivity index (χ3v) is 5.09. The average Bonchev–Trinajstić information content (AvgIpc) is 2.80. The molecule has 5 nitrogen and oxygen atoms in total. The number of allylic oxidation sites excluding steroid dienone is 1. The molecule has 32 heavy (non-hydrogen) atoms. The van der Waals surface area contributed by atoms with Crippen LogP contribution in [0.1, 0.15) is 58.1 Å². The van der Waals surface area contributed by atoms with Crippen molar-refractivity contribution in [2.45, 2.75) is 59.2 Å². The highest BCUT2D eigenvalue weighted by Crippen LogP contribution is 2.29. The zero-order valence-corrected chi connectivity index (χ0v) is 19.8. The van der Waals surface area contributed by atoms with Crippen molar-refractivity contribution in [2.24, 2.45) is 0 Å². The summed E-state index contributed by atoms with van der Waals surface area (Å²) in [6, 6.07) is 15.8. The lowest BCUT2D eigenvalue weighted by atomic mass is 9.94. The molecule has 0 aliphatic carbocycles. The van der Waals surface area contributed by atoms with Crippen LogP contribution in [0, 0.1) is 0 Å². The average molecular weight is 443 g/mol. The number of hydrogen-bond donors (Lipinski definition) is 2. The first kappa shape index (κ1) is 25.9. The fourth-order valence-corrected chi connectivity index (χ4v) is 3.20. The van der Waals surface area contributed by atoms with Crippen molar-refractivity contribution in [1.29, 1.82) is 0 Å². The van der Waals surface area contributed by atoms with Crippen molar-refractivity contribution < 1.29 is 24.4 Å².